The number of anilines is 1. The van der Waals surface area contributed by atoms with Crippen molar-refractivity contribution in [3.63, 3.8) is 0 Å². The molecule has 1 saturated carbocycles. The van der Waals surface area contributed by atoms with E-state index in [0.29, 0.717) is 11.7 Å². The zero-order chi connectivity index (χ0) is 22.8. The van der Waals surface area contributed by atoms with Crippen LogP contribution in [0.4, 0.5) is 5.69 Å². The van der Waals surface area contributed by atoms with Gasteiger partial charge in [-0.05, 0) is 88.6 Å². The third-order valence-corrected chi connectivity index (χ3v) is 8.40. The molecule has 3 heteroatoms. The molecule has 0 bridgehead atoms. The Hall–Kier alpha value is -2.13. The second-order valence-electron chi connectivity index (χ2n) is 10.9. The van der Waals surface area contributed by atoms with Crippen molar-refractivity contribution in [2.45, 2.75) is 89.6 Å². The van der Waals surface area contributed by atoms with Gasteiger partial charge in [0.05, 0.1) is 6.04 Å². The van der Waals surface area contributed by atoms with E-state index in [9.17, 15) is 4.79 Å². The van der Waals surface area contributed by atoms with Crippen molar-refractivity contribution in [2.75, 3.05) is 18.4 Å². The Balaban J connectivity index is 1.34. The Morgan fingerprint density at radius 1 is 0.909 bits per heavy atom. The second-order valence-corrected chi connectivity index (χ2v) is 10.9. The summed E-state index contributed by atoms with van der Waals surface area (Å²) in [6, 6.07) is 15.9. The number of Topliss-reactive ketones (excluding diaryl/α,β-unsaturated/α-hetero) is 1. The van der Waals surface area contributed by atoms with E-state index >= 15 is 0 Å². The van der Waals surface area contributed by atoms with E-state index in [1.165, 1.54) is 47.2 Å². The van der Waals surface area contributed by atoms with Gasteiger partial charge in [-0.1, -0.05) is 66.8 Å². The molecule has 1 N–H and O–H groups in total. The molecule has 3 nitrogen and oxygen atoms in total. The van der Waals surface area contributed by atoms with E-state index in [0.717, 1.165) is 51.6 Å². The van der Waals surface area contributed by atoms with E-state index in [1.807, 2.05) is 0 Å². The van der Waals surface area contributed by atoms with Crippen molar-refractivity contribution in [1.29, 1.82) is 0 Å². The maximum absolute atomic E-state index is 14.0. The van der Waals surface area contributed by atoms with Gasteiger partial charge in [-0.2, -0.15) is 0 Å². The number of benzene rings is 2. The summed E-state index contributed by atoms with van der Waals surface area (Å²) < 4.78 is 0. The predicted molar refractivity (Wildman–Crippen MR) is 137 cm³/mol. The van der Waals surface area contributed by atoms with Gasteiger partial charge in [-0.15, -0.1) is 0 Å². The van der Waals surface area contributed by atoms with E-state index in [2.05, 4.69) is 66.5 Å². The molecule has 5 rings (SSSR count). The Bertz CT molecular complexity index is 949. The molecule has 0 amide bonds. The van der Waals surface area contributed by atoms with E-state index in [-0.39, 0.29) is 18.0 Å². The fraction of sp³-hybridized carbons (Fsp3) is 0.567. The summed E-state index contributed by atoms with van der Waals surface area (Å²) in [6.07, 6.45) is 10.4. The van der Waals surface area contributed by atoms with Crippen molar-refractivity contribution in [1.82, 2.24) is 4.90 Å². The maximum atomic E-state index is 14.0. The monoisotopic (exact) mass is 444 g/mol. The van der Waals surface area contributed by atoms with Crippen LogP contribution in [0.3, 0.4) is 0 Å². The van der Waals surface area contributed by atoms with Crippen LogP contribution in [-0.4, -0.2) is 35.9 Å². The number of likely N-dealkylation sites (tertiary alicyclic amines) is 1. The molecule has 2 heterocycles. The lowest BCUT2D eigenvalue weighted by atomic mass is 9.79. The van der Waals surface area contributed by atoms with Gasteiger partial charge in [0.2, 0.25) is 0 Å². The number of nitrogens with zero attached hydrogens (tertiary/aromatic N) is 1. The third-order valence-electron chi connectivity index (χ3n) is 8.40. The summed E-state index contributed by atoms with van der Waals surface area (Å²) >= 11 is 0. The average Bonchev–Trinajstić information content (AvgIpc) is 2.84. The smallest absolute Gasteiger partial charge is 0.155 e. The van der Waals surface area contributed by atoms with Gasteiger partial charge in [0, 0.05) is 17.6 Å². The zero-order valence-electron chi connectivity index (χ0n) is 20.5. The fourth-order valence-corrected chi connectivity index (χ4v) is 6.72. The number of hydrogen-bond donors (Lipinski definition) is 1. The average molecular weight is 445 g/mol. The molecule has 1 saturated heterocycles. The van der Waals surface area contributed by atoms with Gasteiger partial charge in [-0.3, -0.25) is 9.69 Å². The zero-order valence-corrected chi connectivity index (χ0v) is 20.5. The summed E-state index contributed by atoms with van der Waals surface area (Å²) in [4.78, 5) is 16.5. The summed E-state index contributed by atoms with van der Waals surface area (Å²) in [6.45, 7) is 6.47. The Morgan fingerprint density at radius 2 is 1.61 bits per heavy atom. The fourth-order valence-electron chi connectivity index (χ4n) is 6.72. The SMILES string of the molecule is Cc1cc(C)cc(C2CCN(C(C(=O)C3CCCCC3)C3CCc4ccccc4N3)CC2)c1. The van der Waals surface area contributed by atoms with Crippen molar-refractivity contribution in [2.24, 2.45) is 5.92 Å². The standard InChI is InChI=1S/C30H40N2O/c1-21-18-22(2)20-26(19-21)23-14-16-32(17-15-23)29(30(33)25-9-4-3-5-10-25)28-13-12-24-8-6-7-11-27(24)31-28/h6-8,11,18-20,23,25,28-29,31H,3-5,9-10,12-17H2,1-2H3. The molecule has 0 aromatic heterocycles. The van der Waals surface area contributed by atoms with Crippen LogP contribution in [0.15, 0.2) is 42.5 Å². The number of aryl methyl sites for hydroxylation is 3. The Labute approximate surface area is 200 Å². The highest BCUT2D eigenvalue weighted by molar-refractivity contribution is 5.88. The van der Waals surface area contributed by atoms with Crippen LogP contribution in [0.25, 0.3) is 0 Å². The third kappa shape index (κ3) is 5.04. The summed E-state index contributed by atoms with van der Waals surface area (Å²) in [5.41, 5.74) is 6.85. The maximum Gasteiger partial charge on any atom is 0.155 e. The molecule has 2 atom stereocenters. The highest BCUT2D eigenvalue weighted by Crippen LogP contribution is 2.35. The van der Waals surface area contributed by atoms with Crippen LogP contribution >= 0.6 is 0 Å². The van der Waals surface area contributed by atoms with Crippen LogP contribution in [0.5, 0.6) is 0 Å². The van der Waals surface area contributed by atoms with Crippen molar-refractivity contribution in [3.05, 3.63) is 64.7 Å². The molecule has 1 aliphatic carbocycles. The lowest BCUT2D eigenvalue weighted by Crippen LogP contribution is -2.56. The molecule has 3 aliphatic rings. The number of nitrogens with one attached hydrogen (secondary N) is 1. The summed E-state index contributed by atoms with van der Waals surface area (Å²) in [5, 5.41) is 3.81. The van der Waals surface area contributed by atoms with Crippen LogP contribution in [-0.2, 0) is 11.2 Å². The predicted octanol–water partition coefficient (Wildman–Crippen LogP) is 6.43. The minimum atomic E-state index is 0.0154. The molecule has 2 unspecified atom stereocenters. The molecule has 33 heavy (non-hydrogen) atoms. The lowest BCUT2D eigenvalue weighted by Gasteiger charge is -2.44. The molecule has 176 valence electrons. The molecule has 0 radical (unpaired) electrons. The number of piperidine rings is 1. The van der Waals surface area contributed by atoms with Crippen LogP contribution in [0.1, 0.15) is 79.5 Å². The summed E-state index contributed by atoms with van der Waals surface area (Å²) in [5.74, 6) is 1.40. The van der Waals surface area contributed by atoms with Crippen LogP contribution in [0, 0.1) is 19.8 Å². The topological polar surface area (TPSA) is 32.3 Å². The number of carbonyl (C=O) groups is 1. The number of para-hydroxylation sites is 1. The quantitative estimate of drug-likeness (QED) is 0.577. The number of ketones is 1. The van der Waals surface area contributed by atoms with Gasteiger partial charge >= 0.3 is 0 Å². The van der Waals surface area contributed by atoms with Gasteiger partial charge in [0.15, 0.2) is 5.78 Å². The van der Waals surface area contributed by atoms with E-state index in [4.69, 9.17) is 0 Å². The highest BCUT2D eigenvalue weighted by Gasteiger charge is 2.40. The second kappa shape index (κ2) is 10.0. The van der Waals surface area contributed by atoms with Gasteiger partial charge in [0.25, 0.3) is 0 Å². The number of carbonyl (C=O) groups excluding carboxylic acids is 1. The highest BCUT2D eigenvalue weighted by atomic mass is 16.1. The van der Waals surface area contributed by atoms with E-state index < -0.39 is 0 Å². The van der Waals surface area contributed by atoms with Gasteiger partial charge in [-0.25, -0.2) is 0 Å². The molecule has 2 aliphatic heterocycles. The van der Waals surface area contributed by atoms with Crippen molar-refractivity contribution in [3.8, 4) is 0 Å². The summed E-state index contributed by atoms with van der Waals surface area (Å²) in [7, 11) is 0. The van der Waals surface area contributed by atoms with E-state index in [1.54, 1.807) is 0 Å². The van der Waals surface area contributed by atoms with Gasteiger partial charge in [0.1, 0.15) is 0 Å². The molecular weight excluding hydrogens is 404 g/mol. The van der Waals surface area contributed by atoms with Crippen molar-refractivity contribution >= 4 is 11.5 Å². The molecular formula is C30H40N2O. The van der Waals surface area contributed by atoms with Crippen LogP contribution in [0.2, 0.25) is 0 Å². The first-order chi connectivity index (χ1) is 16.1. The molecule has 2 fully saturated rings. The Morgan fingerprint density at radius 3 is 2.33 bits per heavy atom. The minimum Gasteiger partial charge on any atom is -0.380 e. The first-order valence-corrected chi connectivity index (χ1v) is 13.3. The lowest BCUT2D eigenvalue weighted by molar-refractivity contribution is -0.130. The molecule has 2 aromatic carbocycles. The normalized spacial score (nSPS) is 23.5. The molecule has 0 spiro atoms. The number of fused-ring (bicyclic) bond motifs is 1. The first-order valence-electron chi connectivity index (χ1n) is 13.3. The van der Waals surface area contributed by atoms with Crippen LogP contribution < -0.4 is 5.32 Å². The number of hydrogen-bond acceptors (Lipinski definition) is 3. The van der Waals surface area contributed by atoms with Gasteiger partial charge < -0.3 is 5.32 Å². The van der Waals surface area contributed by atoms with Crippen molar-refractivity contribution < 1.29 is 4.79 Å². The molecule has 2 aromatic rings. The number of rotatable bonds is 5. The first kappa shape index (κ1) is 22.7. The Kier molecular flexibility index (Phi) is 6.87. The largest absolute Gasteiger partial charge is 0.380 e. The minimum absolute atomic E-state index is 0.0154.